The van der Waals surface area contributed by atoms with Gasteiger partial charge in [0, 0.05) is 49.3 Å². The molecule has 62 heavy (non-hydrogen) atoms. The summed E-state index contributed by atoms with van der Waals surface area (Å²) in [6.45, 7) is 5.00. The van der Waals surface area contributed by atoms with E-state index in [-0.39, 0.29) is 41.3 Å². The van der Waals surface area contributed by atoms with E-state index in [1.165, 1.54) is 31.8 Å². The highest BCUT2D eigenvalue weighted by Crippen LogP contribution is 2.40. The van der Waals surface area contributed by atoms with E-state index in [0.717, 1.165) is 29.7 Å². The van der Waals surface area contributed by atoms with Crippen molar-refractivity contribution in [3.8, 4) is 40.0 Å². The fraction of sp³-hybridized carbons (Fsp3) is 0.391. The summed E-state index contributed by atoms with van der Waals surface area (Å²) >= 11 is 0. The van der Waals surface area contributed by atoms with Crippen molar-refractivity contribution in [3.63, 3.8) is 0 Å². The normalized spacial score (nSPS) is 17.0. The van der Waals surface area contributed by atoms with Crippen molar-refractivity contribution in [2.75, 3.05) is 41.0 Å². The van der Waals surface area contributed by atoms with Gasteiger partial charge in [0.1, 0.15) is 29.3 Å². The first kappa shape index (κ1) is 42.0. The molecule has 1 atom stereocenters. The molecular formula is C46H50FN7O8. The molecule has 0 unspecified atom stereocenters. The number of nitrogens with one attached hydrogen (secondary N) is 2. The first-order valence-corrected chi connectivity index (χ1v) is 20.7. The zero-order chi connectivity index (χ0) is 43.5. The van der Waals surface area contributed by atoms with Crippen molar-refractivity contribution in [2.45, 2.75) is 64.5 Å². The number of piperidine rings is 1. The predicted molar refractivity (Wildman–Crippen MR) is 228 cm³/mol. The molecule has 324 valence electrons. The quantitative estimate of drug-likeness (QED) is 0.120. The Labute approximate surface area is 358 Å². The van der Waals surface area contributed by atoms with Gasteiger partial charge in [0.25, 0.3) is 0 Å². The smallest absolute Gasteiger partial charge is 0.413 e. The second-order valence-corrected chi connectivity index (χ2v) is 16.5. The molecule has 5 aromatic rings. The average molecular weight is 848 g/mol. The first-order valence-electron chi connectivity index (χ1n) is 20.7. The Morgan fingerprint density at radius 2 is 1.65 bits per heavy atom. The third kappa shape index (κ3) is 8.85. The monoisotopic (exact) mass is 847 g/mol. The molecule has 3 amide bonds. The van der Waals surface area contributed by atoms with Crippen molar-refractivity contribution < 1.29 is 42.5 Å². The number of benzene rings is 3. The van der Waals surface area contributed by atoms with Crippen LogP contribution in [0.4, 0.5) is 9.18 Å². The topological polar surface area (TPSA) is 170 Å². The number of H-pyrrole nitrogens is 1. The summed E-state index contributed by atoms with van der Waals surface area (Å²) in [4.78, 5) is 55.4. The molecule has 0 bridgehead atoms. The van der Waals surface area contributed by atoms with Crippen LogP contribution in [0.25, 0.3) is 22.3 Å². The highest BCUT2D eigenvalue weighted by molar-refractivity contribution is 6.06. The molecule has 2 fully saturated rings. The molecule has 8 rings (SSSR count). The molecule has 2 N–H and O–H groups in total. The molecule has 4 heterocycles. The summed E-state index contributed by atoms with van der Waals surface area (Å²) in [5, 5.41) is 9.29. The molecule has 3 aliphatic rings. The van der Waals surface area contributed by atoms with Gasteiger partial charge >= 0.3 is 6.09 Å². The summed E-state index contributed by atoms with van der Waals surface area (Å²) in [5.74, 6) is 1.18. The van der Waals surface area contributed by atoms with Gasteiger partial charge in [0.15, 0.2) is 28.8 Å². The van der Waals surface area contributed by atoms with E-state index in [0.29, 0.717) is 78.9 Å². The van der Waals surface area contributed by atoms with Crippen molar-refractivity contribution in [1.82, 2.24) is 30.2 Å². The number of halogens is 1. The lowest BCUT2D eigenvalue weighted by Crippen LogP contribution is -2.55. The van der Waals surface area contributed by atoms with E-state index in [2.05, 4.69) is 20.3 Å². The number of amides is 3. The summed E-state index contributed by atoms with van der Waals surface area (Å²) < 4.78 is 43.1. The van der Waals surface area contributed by atoms with Gasteiger partial charge in [0.05, 0.1) is 50.6 Å². The summed E-state index contributed by atoms with van der Waals surface area (Å²) in [5.41, 5.74) is 3.12. The second-order valence-electron chi connectivity index (χ2n) is 16.5. The predicted octanol–water partition coefficient (Wildman–Crippen LogP) is 6.93. The summed E-state index contributed by atoms with van der Waals surface area (Å²) in [6, 6.07) is 16.6. The minimum Gasteiger partial charge on any atom is -0.494 e. The number of aromatic amines is 1. The van der Waals surface area contributed by atoms with Crippen LogP contribution in [0.3, 0.4) is 0 Å². The molecule has 3 aromatic carbocycles. The maximum Gasteiger partial charge on any atom is 0.413 e. The zero-order valence-corrected chi connectivity index (χ0v) is 35.4. The van der Waals surface area contributed by atoms with Crippen LogP contribution in [0.1, 0.15) is 57.1 Å². The van der Waals surface area contributed by atoms with Crippen LogP contribution >= 0.6 is 0 Å². The van der Waals surface area contributed by atoms with Crippen LogP contribution in [0, 0.1) is 17.2 Å². The summed E-state index contributed by atoms with van der Waals surface area (Å²) in [6.07, 6.45) is 5.67. The third-order valence-corrected chi connectivity index (χ3v) is 11.6. The van der Waals surface area contributed by atoms with Gasteiger partial charge in [-0.1, -0.05) is 44.2 Å². The number of fused-ring (bicyclic) bond motifs is 1. The minimum absolute atomic E-state index is 0.0392. The number of rotatable bonds is 14. The highest BCUT2D eigenvalue weighted by atomic mass is 19.1. The maximum atomic E-state index is 15.1. The van der Waals surface area contributed by atoms with Crippen LogP contribution in [-0.2, 0) is 16.0 Å². The Balaban J connectivity index is 0.981. The molecule has 2 aromatic heterocycles. The number of carbonyl (C=O) groups excluding carboxylic acids is 3. The van der Waals surface area contributed by atoms with E-state index in [1.807, 2.05) is 62.4 Å². The first-order chi connectivity index (χ1) is 30.0. The number of ether oxygens (including phenoxy) is 5. The maximum absolute atomic E-state index is 15.1. The van der Waals surface area contributed by atoms with Gasteiger partial charge in [-0.15, -0.1) is 0 Å². The Morgan fingerprint density at radius 3 is 2.35 bits per heavy atom. The second kappa shape index (κ2) is 17.7. The van der Waals surface area contributed by atoms with Crippen LogP contribution in [0.2, 0.25) is 0 Å². The van der Waals surface area contributed by atoms with Crippen molar-refractivity contribution in [1.29, 1.82) is 0 Å². The number of nitrogens with zero attached hydrogens (tertiary/aromatic N) is 5. The van der Waals surface area contributed by atoms with Gasteiger partial charge in [-0.3, -0.25) is 9.59 Å². The highest BCUT2D eigenvalue weighted by Gasteiger charge is 2.42. The summed E-state index contributed by atoms with van der Waals surface area (Å²) in [7, 11) is 4.54. The van der Waals surface area contributed by atoms with E-state index in [4.69, 9.17) is 28.8 Å². The van der Waals surface area contributed by atoms with Crippen LogP contribution in [0.5, 0.6) is 28.7 Å². The number of hydrogen-bond acceptors (Lipinski definition) is 11. The van der Waals surface area contributed by atoms with Gasteiger partial charge in [-0.05, 0) is 61.4 Å². The Bertz CT molecular complexity index is 2500. The van der Waals surface area contributed by atoms with E-state index < -0.39 is 23.4 Å². The van der Waals surface area contributed by atoms with Gasteiger partial charge in [-0.25, -0.2) is 24.2 Å². The molecule has 1 saturated carbocycles. The van der Waals surface area contributed by atoms with Gasteiger partial charge in [-0.2, -0.15) is 5.10 Å². The number of carbonyl (C=O) groups is 3. The largest absolute Gasteiger partial charge is 0.494 e. The molecule has 0 radical (unpaired) electrons. The molecular weight excluding hydrogens is 798 g/mol. The Morgan fingerprint density at radius 1 is 0.903 bits per heavy atom. The number of hydrogen-bond donors (Lipinski definition) is 2. The molecule has 1 aliphatic carbocycles. The van der Waals surface area contributed by atoms with Crippen LogP contribution < -0.4 is 29.0 Å². The van der Waals surface area contributed by atoms with Gasteiger partial charge in [0.2, 0.25) is 11.8 Å². The van der Waals surface area contributed by atoms with E-state index in [1.54, 1.807) is 24.1 Å². The molecule has 2 aliphatic heterocycles. The fourth-order valence-corrected chi connectivity index (χ4v) is 8.00. The molecule has 15 nitrogen and oxygen atoms in total. The number of likely N-dealkylation sites (tertiary alicyclic amines) is 1. The molecule has 16 heteroatoms. The average Bonchev–Trinajstić information content (AvgIpc) is 4.04. The zero-order valence-electron chi connectivity index (χ0n) is 35.4. The van der Waals surface area contributed by atoms with Crippen molar-refractivity contribution >= 4 is 34.7 Å². The standard InChI is InChI=1S/C46H50FN7O8/c1-46(2)23-34(29-13-14-35(58-3)38(20-29)60-5)52-54(44(46)56)30-15-17-53(18-16-30)43(55)33(19-27-9-7-6-8-10-27)51-45(57)62-39-24-48-42-40(49-26-50-41(39)42)31-21-32(47)37(59-4)22-36(31)61-25-28-11-12-28/h6-10,13-14,20-22,24,26,28,30,33,48H,11-12,15-19,23,25H2,1-5H3,(H,51,57)/t33-/m1/s1. The van der Waals surface area contributed by atoms with E-state index >= 15 is 4.39 Å². The lowest BCUT2D eigenvalue weighted by Gasteiger charge is -2.42. The fourth-order valence-electron chi connectivity index (χ4n) is 8.00. The number of aromatic nitrogens is 3. The van der Waals surface area contributed by atoms with Crippen molar-refractivity contribution in [2.24, 2.45) is 16.4 Å². The van der Waals surface area contributed by atoms with Crippen molar-refractivity contribution in [3.05, 3.63) is 90.1 Å². The minimum atomic E-state index is -0.976. The lowest BCUT2D eigenvalue weighted by molar-refractivity contribution is -0.145. The third-order valence-electron chi connectivity index (χ3n) is 11.6. The number of hydrazone groups is 1. The Kier molecular flexibility index (Phi) is 12.0. The van der Waals surface area contributed by atoms with Crippen LogP contribution in [0.15, 0.2) is 78.3 Å². The lowest BCUT2D eigenvalue weighted by atomic mass is 9.82. The molecule has 1 saturated heterocycles. The van der Waals surface area contributed by atoms with E-state index in [9.17, 15) is 14.4 Å². The Hall–Kier alpha value is -6.71. The van der Waals surface area contributed by atoms with Gasteiger partial charge < -0.3 is 38.9 Å². The van der Waals surface area contributed by atoms with Crippen LogP contribution in [-0.4, -0.2) is 102 Å². The SMILES string of the molecule is COc1cc(OCC2CC2)c(-c2ncnc3c(OC(=O)N[C@H](Cc4ccccc4)C(=O)N4CCC(N5N=C(c6ccc(OC)c(OC)c6)CC(C)(C)C5=O)CC4)c[nH]c23)cc1F. The molecule has 0 spiro atoms. The number of methoxy groups -OCH3 is 3.